The van der Waals surface area contributed by atoms with Gasteiger partial charge < -0.3 is 10.3 Å². The van der Waals surface area contributed by atoms with E-state index in [1.165, 1.54) is 34.0 Å². The number of aromatic nitrogens is 3. The molecule has 0 radical (unpaired) electrons. The molecule has 4 rings (SSSR count). The summed E-state index contributed by atoms with van der Waals surface area (Å²) in [4.78, 5) is 32.9. The summed E-state index contributed by atoms with van der Waals surface area (Å²) in [5.41, 5.74) is 1.72. The van der Waals surface area contributed by atoms with Crippen LogP contribution in [-0.2, 0) is 11.3 Å². The van der Waals surface area contributed by atoms with Crippen molar-refractivity contribution in [1.82, 2.24) is 19.9 Å². The molecule has 26 heavy (non-hydrogen) atoms. The van der Waals surface area contributed by atoms with Crippen LogP contribution in [0, 0.1) is 0 Å². The Balaban J connectivity index is 1.31. The fraction of sp³-hybridized carbons (Fsp3) is 0.167. The van der Waals surface area contributed by atoms with Gasteiger partial charge in [0.2, 0.25) is 5.91 Å². The molecule has 1 amide bonds. The zero-order valence-electron chi connectivity index (χ0n) is 13.8. The van der Waals surface area contributed by atoms with E-state index >= 15 is 0 Å². The Kier molecular flexibility index (Phi) is 4.77. The van der Waals surface area contributed by atoms with Crippen molar-refractivity contribution in [3.63, 3.8) is 0 Å². The molecule has 0 aliphatic carbocycles. The highest BCUT2D eigenvalue weighted by atomic mass is 32.2. The number of hydrogen-bond acceptors (Lipinski definition) is 5. The summed E-state index contributed by atoms with van der Waals surface area (Å²) in [5, 5.41) is 5.83. The van der Waals surface area contributed by atoms with Crippen LogP contribution < -0.4 is 10.9 Å². The van der Waals surface area contributed by atoms with Gasteiger partial charge >= 0.3 is 0 Å². The Bertz CT molecular complexity index is 1130. The number of para-hydroxylation sites is 1. The molecular formula is C18H16N4O2S2. The molecule has 0 spiro atoms. The number of amides is 1. The van der Waals surface area contributed by atoms with Crippen LogP contribution in [0.25, 0.3) is 21.1 Å². The van der Waals surface area contributed by atoms with Crippen LogP contribution in [0.5, 0.6) is 0 Å². The van der Waals surface area contributed by atoms with Gasteiger partial charge in [-0.05, 0) is 17.5 Å². The highest BCUT2D eigenvalue weighted by molar-refractivity contribution is 8.00. The Morgan fingerprint density at radius 1 is 1.31 bits per heavy atom. The van der Waals surface area contributed by atoms with Gasteiger partial charge in [0, 0.05) is 35.1 Å². The predicted octanol–water partition coefficient (Wildman–Crippen LogP) is 2.85. The number of hydrogen-bond donors (Lipinski definition) is 2. The average molecular weight is 384 g/mol. The normalized spacial score (nSPS) is 11.2. The number of H-pyrrole nitrogens is 1. The fourth-order valence-electron chi connectivity index (χ4n) is 2.71. The van der Waals surface area contributed by atoms with Gasteiger partial charge in [-0.3, -0.25) is 14.2 Å². The quantitative estimate of drug-likeness (QED) is 0.501. The summed E-state index contributed by atoms with van der Waals surface area (Å²) in [7, 11) is 0. The van der Waals surface area contributed by atoms with Crippen LogP contribution in [0.2, 0.25) is 0 Å². The number of nitrogens with one attached hydrogen (secondary N) is 2. The minimum atomic E-state index is -0.0626. The first-order chi connectivity index (χ1) is 12.7. The zero-order chi connectivity index (χ0) is 17.9. The first-order valence-electron chi connectivity index (χ1n) is 8.10. The van der Waals surface area contributed by atoms with Crippen LogP contribution in [0.3, 0.4) is 0 Å². The molecule has 4 aromatic rings. The van der Waals surface area contributed by atoms with Gasteiger partial charge in [0.05, 0.1) is 17.6 Å². The highest BCUT2D eigenvalue weighted by Gasteiger charge is 2.08. The lowest BCUT2D eigenvalue weighted by Gasteiger charge is -2.07. The second-order valence-electron chi connectivity index (χ2n) is 5.72. The van der Waals surface area contributed by atoms with Gasteiger partial charge in [-0.25, -0.2) is 4.98 Å². The lowest BCUT2D eigenvalue weighted by atomic mass is 10.2. The number of carbonyl (C=O) groups is 1. The Labute approximate surface area is 157 Å². The monoisotopic (exact) mass is 384 g/mol. The molecule has 0 atom stereocenters. The summed E-state index contributed by atoms with van der Waals surface area (Å²) in [6.45, 7) is 0.801. The van der Waals surface area contributed by atoms with Crippen LogP contribution >= 0.6 is 23.1 Å². The first-order valence-corrected chi connectivity index (χ1v) is 9.97. The second kappa shape index (κ2) is 7.35. The van der Waals surface area contributed by atoms with Crippen molar-refractivity contribution < 1.29 is 4.79 Å². The highest BCUT2D eigenvalue weighted by Crippen LogP contribution is 2.27. The molecule has 0 unspecified atom stereocenters. The Morgan fingerprint density at radius 2 is 2.19 bits per heavy atom. The summed E-state index contributed by atoms with van der Waals surface area (Å²) in [6, 6.07) is 9.83. The van der Waals surface area contributed by atoms with E-state index in [0.717, 1.165) is 21.3 Å². The molecule has 132 valence electrons. The number of nitrogens with zero attached hydrogens (tertiary/aromatic N) is 2. The van der Waals surface area contributed by atoms with Crippen molar-refractivity contribution in [2.45, 2.75) is 11.4 Å². The average Bonchev–Trinajstić information content (AvgIpc) is 3.29. The maximum absolute atomic E-state index is 12.3. The number of rotatable bonds is 6. The third-order valence-corrected chi connectivity index (χ3v) is 5.97. The predicted molar refractivity (Wildman–Crippen MR) is 106 cm³/mol. The van der Waals surface area contributed by atoms with Crippen molar-refractivity contribution in [2.24, 2.45) is 0 Å². The second-order valence-corrected chi connectivity index (χ2v) is 7.65. The number of thiophene rings is 1. The lowest BCUT2D eigenvalue weighted by Crippen LogP contribution is -2.31. The van der Waals surface area contributed by atoms with Crippen LogP contribution in [-0.4, -0.2) is 32.7 Å². The topological polar surface area (TPSA) is 79.8 Å². The van der Waals surface area contributed by atoms with Crippen LogP contribution in [0.15, 0.2) is 57.9 Å². The number of carbonyl (C=O) groups excluding carboxylic acids is 1. The molecular weight excluding hydrogens is 368 g/mol. The van der Waals surface area contributed by atoms with E-state index in [1.54, 1.807) is 0 Å². The molecule has 0 aliphatic rings. The van der Waals surface area contributed by atoms with Crippen molar-refractivity contribution in [2.75, 3.05) is 12.3 Å². The summed E-state index contributed by atoms with van der Waals surface area (Å²) < 4.78 is 2.18. The molecule has 6 nitrogen and oxygen atoms in total. The van der Waals surface area contributed by atoms with Crippen LogP contribution in [0.1, 0.15) is 0 Å². The van der Waals surface area contributed by atoms with Crippen LogP contribution in [0.4, 0.5) is 0 Å². The smallest absolute Gasteiger partial charge is 0.271 e. The third-order valence-electron chi connectivity index (χ3n) is 4.02. The van der Waals surface area contributed by atoms with Crippen molar-refractivity contribution in [3.8, 4) is 0 Å². The third kappa shape index (κ3) is 3.38. The lowest BCUT2D eigenvalue weighted by molar-refractivity contribution is -0.118. The maximum atomic E-state index is 12.3. The van der Waals surface area contributed by atoms with E-state index in [0.29, 0.717) is 23.5 Å². The van der Waals surface area contributed by atoms with Crippen molar-refractivity contribution in [3.05, 3.63) is 58.6 Å². The molecule has 0 saturated heterocycles. The van der Waals surface area contributed by atoms with E-state index < -0.39 is 0 Å². The zero-order valence-corrected chi connectivity index (χ0v) is 15.4. The maximum Gasteiger partial charge on any atom is 0.271 e. The van der Waals surface area contributed by atoms with Gasteiger partial charge in [-0.2, -0.15) is 0 Å². The van der Waals surface area contributed by atoms with Gasteiger partial charge in [0.25, 0.3) is 5.56 Å². The molecule has 0 aliphatic heterocycles. The Hall–Kier alpha value is -2.58. The van der Waals surface area contributed by atoms with Gasteiger partial charge in [0.15, 0.2) is 0 Å². The number of benzene rings is 1. The SMILES string of the molecule is O=C(CSc1c[nH]c2ccccc12)NCCn1cnc2ccsc2c1=O. The summed E-state index contributed by atoms with van der Waals surface area (Å²) in [6.07, 6.45) is 3.45. The molecule has 3 aromatic heterocycles. The van der Waals surface area contributed by atoms with Crippen molar-refractivity contribution >= 4 is 50.1 Å². The van der Waals surface area contributed by atoms with Crippen molar-refractivity contribution in [1.29, 1.82) is 0 Å². The molecule has 0 saturated carbocycles. The van der Waals surface area contributed by atoms with E-state index in [-0.39, 0.29) is 11.5 Å². The van der Waals surface area contributed by atoms with E-state index in [1.807, 2.05) is 41.9 Å². The van der Waals surface area contributed by atoms with E-state index in [4.69, 9.17) is 0 Å². The summed E-state index contributed by atoms with van der Waals surface area (Å²) >= 11 is 2.88. The van der Waals surface area contributed by atoms with E-state index in [9.17, 15) is 9.59 Å². The Morgan fingerprint density at radius 3 is 3.12 bits per heavy atom. The standard InChI is InChI=1S/C18H16N4O2S2/c23-16(10-26-15-9-20-13-4-2-1-3-12(13)15)19-6-7-22-11-21-14-5-8-25-17(14)18(22)24/h1-5,8-9,11,20H,6-7,10H2,(H,19,23). The largest absolute Gasteiger partial charge is 0.360 e. The minimum absolute atomic E-state index is 0.0570. The minimum Gasteiger partial charge on any atom is -0.360 e. The number of fused-ring (bicyclic) bond motifs is 2. The number of aromatic amines is 1. The van der Waals surface area contributed by atoms with Gasteiger partial charge in [0.1, 0.15) is 4.70 Å². The molecule has 0 bridgehead atoms. The van der Waals surface area contributed by atoms with E-state index in [2.05, 4.69) is 15.3 Å². The number of thioether (sulfide) groups is 1. The fourth-order valence-corrected chi connectivity index (χ4v) is 4.37. The molecule has 0 fully saturated rings. The molecule has 2 N–H and O–H groups in total. The molecule has 8 heteroatoms. The van der Waals surface area contributed by atoms with Gasteiger partial charge in [-0.15, -0.1) is 23.1 Å². The van der Waals surface area contributed by atoms with Gasteiger partial charge in [-0.1, -0.05) is 18.2 Å². The molecule has 1 aromatic carbocycles. The summed E-state index contributed by atoms with van der Waals surface area (Å²) in [5.74, 6) is 0.275. The molecule has 3 heterocycles. The first kappa shape index (κ1) is 16.9.